The van der Waals surface area contributed by atoms with Gasteiger partial charge in [-0.2, -0.15) is 4.31 Å². The molecule has 0 aromatic rings. The highest BCUT2D eigenvalue weighted by Crippen LogP contribution is 2.20. The molecule has 3 aliphatic heterocycles. The number of sulfonamides is 1. The van der Waals surface area contributed by atoms with E-state index in [-0.39, 0.29) is 18.2 Å². The number of nitrogens with zero attached hydrogens (tertiary/aromatic N) is 3. The maximum atomic E-state index is 11.9. The van der Waals surface area contributed by atoms with E-state index in [0.29, 0.717) is 19.7 Å². The van der Waals surface area contributed by atoms with Crippen molar-refractivity contribution < 1.29 is 17.9 Å². The third-order valence-electron chi connectivity index (χ3n) is 5.99. The fraction of sp³-hybridized carbons (Fsp3) is 0.947. The number of hydrogen-bond acceptors (Lipinski definition) is 5. The molecule has 28 heavy (non-hydrogen) atoms. The Kier molecular flexibility index (Phi) is 7.96. The van der Waals surface area contributed by atoms with E-state index in [1.807, 2.05) is 0 Å². The number of likely N-dealkylation sites (tertiary alicyclic amines) is 1. The summed E-state index contributed by atoms with van der Waals surface area (Å²) in [5.41, 5.74) is 0. The molecular weight excluding hydrogens is 380 g/mol. The molecule has 0 saturated carbocycles. The van der Waals surface area contributed by atoms with Crippen LogP contribution in [0, 0.1) is 0 Å². The molecule has 3 rings (SSSR count). The Hall–Kier alpha value is -0.900. The fourth-order valence-electron chi connectivity index (χ4n) is 4.41. The first kappa shape index (κ1) is 21.8. The lowest BCUT2D eigenvalue weighted by atomic mass is 10.1. The summed E-state index contributed by atoms with van der Waals surface area (Å²) in [6.07, 6.45) is 9.15. The number of piperidine rings is 1. The zero-order valence-electron chi connectivity index (χ0n) is 17.3. The van der Waals surface area contributed by atoms with Gasteiger partial charge >= 0.3 is 0 Å². The molecule has 0 bridgehead atoms. The summed E-state index contributed by atoms with van der Waals surface area (Å²) in [5.74, 6) is 0.856. The van der Waals surface area contributed by atoms with Crippen molar-refractivity contribution in [2.75, 3.05) is 52.7 Å². The summed E-state index contributed by atoms with van der Waals surface area (Å²) < 4.78 is 37.3. The molecule has 0 aliphatic carbocycles. The molecule has 3 fully saturated rings. The van der Waals surface area contributed by atoms with Gasteiger partial charge in [-0.25, -0.2) is 8.42 Å². The van der Waals surface area contributed by atoms with Gasteiger partial charge in [0.05, 0.1) is 25.1 Å². The van der Waals surface area contributed by atoms with Gasteiger partial charge in [0.25, 0.3) is 0 Å². The molecule has 0 radical (unpaired) electrons. The van der Waals surface area contributed by atoms with Gasteiger partial charge in [-0.1, -0.05) is 0 Å². The number of hydrogen-bond donors (Lipinski definition) is 1. The lowest BCUT2D eigenvalue weighted by Gasteiger charge is -2.35. The van der Waals surface area contributed by atoms with Crippen molar-refractivity contribution in [2.24, 2.45) is 4.99 Å². The van der Waals surface area contributed by atoms with E-state index in [2.05, 4.69) is 15.2 Å². The average molecular weight is 417 g/mol. The number of guanidine groups is 1. The van der Waals surface area contributed by atoms with Crippen LogP contribution in [0.2, 0.25) is 0 Å². The van der Waals surface area contributed by atoms with E-state index in [0.717, 1.165) is 57.8 Å². The number of nitrogens with one attached hydrogen (secondary N) is 1. The topological polar surface area (TPSA) is 83.5 Å². The number of rotatable bonds is 6. The average Bonchev–Trinajstić information content (AvgIpc) is 3.18. The van der Waals surface area contributed by atoms with Crippen LogP contribution in [0.4, 0.5) is 0 Å². The Bertz CT molecular complexity index is 613. The quantitative estimate of drug-likeness (QED) is 0.514. The van der Waals surface area contributed by atoms with E-state index in [1.165, 1.54) is 19.1 Å². The van der Waals surface area contributed by atoms with Crippen LogP contribution in [0.3, 0.4) is 0 Å². The van der Waals surface area contributed by atoms with Crippen molar-refractivity contribution in [2.45, 2.75) is 63.2 Å². The van der Waals surface area contributed by atoms with Crippen LogP contribution in [0.15, 0.2) is 4.99 Å². The van der Waals surface area contributed by atoms with Crippen molar-refractivity contribution in [3.63, 3.8) is 0 Å². The van der Waals surface area contributed by atoms with Gasteiger partial charge < -0.3 is 19.7 Å². The molecule has 3 heterocycles. The smallest absolute Gasteiger partial charge is 0.211 e. The Labute approximate surface area is 169 Å². The molecule has 1 N–H and O–H groups in total. The summed E-state index contributed by atoms with van der Waals surface area (Å²) in [7, 11) is -1.36. The van der Waals surface area contributed by atoms with Gasteiger partial charge in [-0.3, -0.25) is 4.99 Å². The van der Waals surface area contributed by atoms with E-state index >= 15 is 0 Å². The van der Waals surface area contributed by atoms with Crippen LogP contribution in [0.1, 0.15) is 44.9 Å². The van der Waals surface area contributed by atoms with Crippen molar-refractivity contribution in [3.8, 4) is 0 Å². The highest BCUT2D eigenvalue weighted by Gasteiger charge is 2.32. The Morgan fingerprint density at radius 2 is 1.93 bits per heavy atom. The van der Waals surface area contributed by atoms with Crippen LogP contribution < -0.4 is 5.32 Å². The molecule has 9 heteroatoms. The highest BCUT2D eigenvalue weighted by molar-refractivity contribution is 7.88. The van der Waals surface area contributed by atoms with Gasteiger partial charge in [-0.15, -0.1) is 0 Å². The second-order valence-corrected chi connectivity index (χ2v) is 10.0. The van der Waals surface area contributed by atoms with Crippen molar-refractivity contribution >= 4 is 16.0 Å². The number of aliphatic imine (C=N–C) groups is 1. The van der Waals surface area contributed by atoms with E-state index in [9.17, 15) is 8.42 Å². The van der Waals surface area contributed by atoms with Gasteiger partial charge in [0.2, 0.25) is 10.0 Å². The minimum atomic E-state index is -3.14. The zero-order chi connectivity index (χ0) is 20.0. The zero-order valence-corrected chi connectivity index (χ0v) is 18.1. The van der Waals surface area contributed by atoms with Gasteiger partial charge in [-0.05, 0) is 44.9 Å². The first-order valence-corrected chi connectivity index (χ1v) is 12.5. The fourth-order valence-corrected chi connectivity index (χ4v) is 5.59. The normalized spacial score (nSPS) is 28.6. The second kappa shape index (κ2) is 10.2. The highest BCUT2D eigenvalue weighted by atomic mass is 32.2. The molecule has 8 nitrogen and oxygen atoms in total. The van der Waals surface area contributed by atoms with Crippen molar-refractivity contribution in [1.82, 2.24) is 14.5 Å². The molecule has 162 valence electrons. The first-order valence-electron chi connectivity index (χ1n) is 10.6. The molecule has 1 unspecified atom stereocenters. The van der Waals surface area contributed by atoms with Crippen LogP contribution in [0.25, 0.3) is 0 Å². The van der Waals surface area contributed by atoms with Gasteiger partial charge in [0, 0.05) is 45.9 Å². The largest absolute Gasteiger partial charge is 0.376 e. The Morgan fingerprint density at radius 1 is 1.14 bits per heavy atom. The number of ether oxygens (including phenoxy) is 2. The van der Waals surface area contributed by atoms with Crippen molar-refractivity contribution in [3.05, 3.63) is 0 Å². The molecule has 0 aromatic heterocycles. The Balaban J connectivity index is 1.40. The lowest BCUT2D eigenvalue weighted by Crippen LogP contribution is -2.50. The molecule has 3 aliphatic rings. The lowest BCUT2D eigenvalue weighted by molar-refractivity contribution is -0.0721. The Morgan fingerprint density at radius 3 is 2.57 bits per heavy atom. The first-order chi connectivity index (χ1) is 13.5. The third-order valence-corrected chi connectivity index (χ3v) is 7.32. The maximum Gasteiger partial charge on any atom is 0.211 e. The molecule has 2 atom stereocenters. The van der Waals surface area contributed by atoms with Gasteiger partial charge in [0.15, 0.2) is 5.96 Å². The van der Waals surface area contributed by atoms with Crippen LogP contribution in [0.5, 0.6) is 0 Å². The summed E-state index contributed by atoms with van der Waals surface area (Å²) in [5, 5.41) is 3.39. The van der Waals surface area contributed by atoms with Crippen LogP contribution >= 0.6 is 0 Å². The molecule has 0 spiro atoms. The standard InChI is InChI=1S/C19H36N4O4S/c1-20-19(21-14-16-6-5-10-23(16)28(2,24)25)22-11-8-17(9-12-22)27-15-18-7-3-4-13-26-18/h16-18H,3-15H2,1-2H3,(H,20,21)/t16-,18?/m1/s1. The van der Waals surface area contributed by atoms with E-state index in [4.69, 9.17) is 9.47 Å². The van der Waals surface area contributed by atoms with Crippen LogP contribution in [-0.4, -0.2) is 94.5 Å². The van der Waals surface area contributed by atoms with Crippen molar-refractivity contribution in [1.29, 1.82) is 0 Å². The predicted molar refractivity (Wildman–Crippen MR) is 110 cm³/mol. The minimum absolute atomic E-state index is 0.0168. The summed E-state index contributed by atoms with van der Waals surface area (Å²) in [6.45, 7) is 4.60. The van der Waals surface area contributed by atoms with Crippen LogP contribution in [-0.2, 0) is 19.5 Å². The van der Waals surface area contributed by atoms with E-state index in [1.54, 1.807) is 11.4 Å². The monoisotopic (exact) mass is 416 g/mol. The third kappa shape index (κ3) is 6.05. The predicted octanol–water partition coefficient (Wildman–Crippen LogP) is 1.04. The SMILES string of the molecule is CN=C(NC[C@H]1CCCN1S(C)(=O)=O)N1CCC(OCC2CCCCO2)CC1. The minimum Gasteiger partial charge on any atom is -0.376 e. The molecule has 3 saturated heterocycles. The second-order valence-electron chi connectivity index (χ2n) is 8.11. The van der Waals surface area contributed by atoms with Gasteiger partial charge in [0.1, 0.15) is 0 Å². The maximum absolute atomic E-state index is 11.9. The molecule has 0 amide bonds. The summed E-state index contributed by atoms with van der Waals surface area (Å²) >= 11 is 0. The molecular formula is C19H36N4O4S. The summed E-state index contributed by atoms with van der Waals surface area (Å²) in [6, 6.07) is 0.0168. The summed E-state index contributed by atoms with van der Waals surface area (Å²) in [4.78, 5) is 6.65. The van der Waals surface area contributed by atoms with E-state index < -0.39 is 10.0 Å². The molecule has 0 aromatic carbocycles.